The summed E-state index contributed by atoms with van der Waals surface area (Å²) in [6.45, 7) is 9.06. The number of likely N-dealkylation sites (tertiary alicyclic amines) is 1. The average molecular weight is 314 g/mol. The summed E-state index contributed by atoms with van der Waals surface area (Å²) in [7, 11) is 1.60. The molecular weight excluding hydrogens is 284 g/mol. The Hall–Kier alpha value is -1.50. The molecule has 1 fully saturated rings. The monoisotopic (exact) mass is 314 g/mol. The Morgan fingerprint density at radius 3 is 2.36 bits per heavy atom. The summed E-state index contributed by atoms with van der Waals surface area (Å²) in [5.74, 6) is 0.423. The lowest BCUT2D eigenvalue weighted by molar-refractivity contribution is 0.162. The van der Waals surface area contributed by atoms with Crippen molar-refractivity contribution in [3.8, 4) is 0 Å². The van der Waals surface area contributed by atoms with Gasteiger partial charge in [-0.05, 0) is 39.5 Å². The molecule has 7 nitrogen and oxygen atoms in total. The predicted molar refractivity (Wildman–Crippen MR) is 85.9 cm³/mol. The van der Waals surface area contributed by atoms with Gasteiger partial charge < -0.3 is 25.6 Å². The fraction of sp³-hybridized carbons (Fsp3) is 0.867. The number of carbonyl (C=O) groups is 2. The Morgan fingerprint density at radius 1 is 1.18 bits per heavy atom. The van der Waals surface area contributed by atoms with Crippen LogP contribution in [-0.4, -0.2) is 62.4 Å². The molecule has 22 heavy (non-hydrogen) atoms. The molecule has 3 N–H and O–H groups in total. The first-order valence-electron chi connectivity index (χ1n) is 7.89. The molecule has 1 saturated heterocycles. The lowest BCUT2D eigenvalue weighted by Crippen LogP contribution is -2.51. The number of nitrogens with zero attached hydrogens (tertiary/aromatic N) is 1. The lowest BCUT2D eigenvalue weighted by Gasteiger charge is -2.34. The van der Waals surface area contributed by atoms with E-state index in [2.05, 4.69) is 16.0 Å². The van der Waals surface area contributed by atoms with E-state index in [-0.39, 0.29) is 17.6 Å². The summed E-state index contributed by atoms with van der Waals surface area (Å²) in [5.41, 5.74) is -0.213. The third kappa shape index (κ3) is 7.49. The Bertz CT molecular complexity index is 360. The smallest absolute Gasteiger partial charge is 0.317 e. The van der Waals surface area contributed by atoms with E-state index < -0.39 is 0 Å². The topological polar surface area (TPSA) is 82.7 Å². The highest BCUT2D eigenvalue weighted by atomic mass is 16.5. The van der Waals surface area contributed by atoms with Crippen molar-refractivity contribution in [2.24, 2.45) is 5.92 Å². The van der Waals surface area contributed by atoms with Gasteiger partial charge in [0, 0.05) is 38.8 Å². The van der Waals surface area contributed by atoms with Crippen LogP contribution >= 0.6 is 0 Å². The van der Waals surface area contributed by atoms with Crippen molar-refractivity contribution in [2.45, 2.75) is 39.2 Å². The largest absolute Gasteiger partial charge is 0.383 e. The molecule has 0 atom stereocenters. The van der Waals surface area contributed by atoms with Gasteiger partial charge in [0.25, 0.3) is 0 Å². The SMILES string of the molecule is COCCNC(=O)NCC1CCN(C(=O)NC(C)(C)C)CC1. The maximum Gasteiger partial charge on any atom is 0.317 e. The predicted octanol–water partition coefficient (Wildman–Crippen LogP) is 1.15. The van der Waals surface area contributed by atoms with E-state index in [0.717, 1.165) is 25.9 Å². The molecule has 7 heteroatoms. The van der Waals surface area contributed by atoms with Crippen LogP contribution in [0.3, 0.4) is 0 Å². The van der Waals surface area contributed by atoms with E-state index >= 15 is 0 Å². The van der Waals surface area contributed by atoms with E-state index in [4.69, 9.17) is 4.74 Å². The minimum absolute atomic E-state index is 0.00350. The van der Waals surface area contributed by atoms with Crippen LogP contribution in [0.4, 0.5) is 9.59 Å². The van der Waals surface area contributed by atoms with Crippen LogP contribution in [0.1, 0.15) is 33.6 Å². The minimum atomic E-state index is -0.213. The van der Waals surface area contributed by atoms with Crippen LogP contribution in [-0.2, 0) is 4.74 Å². The van der Waals surface area contributed by atoms with E-state index in [1.807, 2.05) is 25.7 Å². The lowest BCUT2D eigenvalue weighted by atomic mass is 9.97. The van der Waals surface area contributed by atoms with Gasteiger partial charge in [0.05, 0.1) is 6.61 Å². The molecule has 1 aliphatic rings. The van der Waals surface area contributed by atoms with E-state index in [1.54, 1.807) is 7.11 Å². The zero-order chi connectivity index (χ0) is 16.6. The van der Waals surface area contributed by atoms with Gasteiger partial charge in [-0.3, -0.25) is 0 Å². The average Bonchev–Trinajstić information content (AvgIpc) is 2.44. The first-order chi connectivity index (χ1) is 10.3. The molecular formula is C15H30N4O3. The van der Waals surface area contributed by atoms with Crippen molar-refractivity contribution >= 4 is 12.1 Å². The summed E-state index contributed by atoms with van der Waals surface area (Å²) in [4.78, 5) is 25.4. The standard InChI is InChI=1S/C15H30N4O3/c1-15(2,3)18-14(21)19-8-5-12(6-9-19)11-17-13(20)16-7-10-22-4/h12H,5-11H2,1-4H3,(H,18,21)(H2,16,17,20). The van der Waals surface area contributed by atoms with Crippen molar-refractivity contribution in [3.05, 3.63) is 0 Å². The number of ether oxygens (including phenoxy) is 1. The third-order valence-electron chi connectivity index (χ3n) is 3.53. The number of hydrogen-bond acceptors (Lipinski definition) is 3. The Labute approximate surface area is 133 Å². The van der Waals surface area contributed by atoms with E-state index in [9.17, 15) is 9.59 Å². The number of urea groups is 2. The first kappa shape index (κ1) is 18.5. The van der Waals surface area contributed by atoms with Crippen molar-refractivity contribution < 1.29 is 14.3 Å². The van der Waals surface area contributed by atoms with Gasteiger partial charge in [0.15, 0.2) is 0 Å². The zero-order valence-corrected chi connectivity index (χ0v) is 14.2. The fourth-order valence-corrected chi connectivity index (χ4v) is 2.31. The maximum atomic E-state index is 12.1. The van der Waals surface area contributed by atoms with Crippen LogP contribution < -0.4 is 16.0 Å². The molecule has 0 aromatic carbocycles. The Balaban J connectivity index is 2.20. The molecule has 0 aliphatic carbocycles. The van der Waals surface area contributed by atoms with Crippen LogP contribution in [0, 0.1) is 5.92 Å². The number of rotatable bonds is 5. The van der Waals surface area contributed by atoms with E-state index in [0.29, 0.717) is 25.6 Å². The normalized spacial score (nSPS) is 16.3. The summed E-state index contributed by atoms with van der Waals surface area (Å²) < 4.78 is 4.87. The van der Waals surface area contributed by atoms with Gasteiger partial charge in [0.1, 0.15) is 0 Å². The fourth-order valence-electron chi connectivity index (χ4n) is 2.31. The Kier molecular flexibility index (Phi) is 7.44. The summed E-state index contributed by atoms with van der Waals surface area (Å²) in [6, 6.07) is -0.166. The van der Waals surface area contributed by atoms with Crippen LogP contribution in [0.2, 0.25) is 0 Å². The van der Waals surface area contributed by atoms with Crippen LogP contribution in [0.15, 0.2) is 0 Å². The molecule has 0 radical (unpaired) electrons. The van der Waals surface area contributed by atoms with Crippen molar-refractivity contribution in [2.75, 3.05) is 39.9 Å². The van der Waals surface area contributed by atoms with Gasteiger partial charge in [-0.1, -0.05) is 0 Å². The van der Waals surface area contributed by atoms with Crippen LogP contribution in [0.5, 0.6) is 0 Å². The second-order valence-corrected chi connectivity index (χ2v) is 6.74. The second-order valence-electron chi connectivity index (χ2n) is 6.74. The van der Waals surface area contributed by atoms with E-state index in [1.165, 1.54) is 0 Å². The minimum Gasteiger partial charge on any atom is -0.383 e. The molecule has 0 aromatic heterocycles. The van der Waals surface area contributed by atoms with Gasteiger partial charge >= 0.3 is 12.1 Å². The molecule has 0 aromatic rings. The molecule has 0 bridgehead atoms. The van der Waals surface area contributed by atoms with Gasteiger partial charge in [0.2, 0.25) is 0 Å². The molecule has 1 rings (SSSR count). The number of piperidine rings is 1. The number of amides is 4. The molecule has 0 saturated carbocycles. The highest BCUT2D eigenvalue weighted by Gasteiger charge is 2.25. The molecule has 4 amide bonds. The molecule has 0 unspecified atom stereocenters. The number of nitrogens with one attached hydrogen (secondary N) is 3. The maximum absolute atomic E-state index is 12.1. The summed E-state index contributed by atoms with van der Waals surface area (Å²) >= 11 is 0. The van der Waals surface area contributed by atoms with Crippen molar-refractivity contribution in [1.82, 2.24) is 20.9 Å². The molecule has 128 valence electrons. The number of hydrogen-bond donors (Lipinski definition) is 3. The van der Waals surface area contributed by atoms with Crippen molar-refractivity contribution in [1.29, 1.82) is 0 Å². The number of methoxy groups -OCH3 is 1. The third-order valence-corrected chi connectivity index (χ3v) is 3.53. The molecule has 0 spiro atoms. The first-order valence-corrected chi connectivity index (χ1v) is 7.89. The van der Waals surface area contributed by atoms with Crippen LogP contribution in [0.25, 0.3) is 0 Å². The highest BCUT2D eigenvalue weighted by Crippen LogP contribution is 2.17. The van der Waals surface area contributed by atoms with Crippen molar-refractivity contribution in [3.63, 3.8) is 0 Å². The van der Waals surface area contributed by atoms with Gasteiger partial charge in [-0.15, -0.1) is 0 Å². The quantitative estimate of drug-likeness (QED) is 0.666. The summed E-state index contributed by atoms with van der Waals surface area (Å²) in [6.07, 6.45) is 1.83. The number of carbonyl (C=O) groups excluding carboxylic acids is 2. The zero-order valence-electron chi connectivity index (χ0n) is 14.2. The molecule has 1 aliphatic heterocycles. The van der Waals surface area contributed by atoms with Gasteiger partial charge in [-0.25, -0.2) is 9.59 Å². The highest BCUT2D eigenvalue weighted by molar-refractivity contribution is 5.75. The summed E-state index contributed by atoms with van der Waals surface area (Å²) in [5, 5.41) is 8.57. The van der Waals surface area contributed by atoms with Gasteiger partial charge in [-0.2, -0.15) is 0 Å². The molecule has 1 heterocycles. The Morgan fingerprint density at radius 2 is 1.82 bits per heavy atom. The second kappa shape index (κ2) is 8.82.